The lowest BCUT2D eigenvalue weighted by Gasteiger charge is -2.15. The van der Waals surface area contributed by atoms with Crippen LogP contribution in [0.15, 0.2) is 18.5 Å². The van der Waals surface area contributed by atoms with E-state index in [9.17, 15) is 5.11 Å². The van der Waals surface area contributed by atoms with Crippen molar-refractivity contribution < 1.29 is 5.11 Å². The molecule has 0 fully saturated rings. The molecule has 1 atom stereocenters. The Bertz CT molecular complexity index is 534. The van der Waals surface area contributed by atoms with E-state index in [1.807, 2.05) is 10.7 Å². The lowest BCUT2D eigenvalue weighted by atomic mass is 10.2. The van der Waals surface area contributed by atoms with Gasteiger partial charge in [0.15, 0.2) is 0 Å². The minimum atomic E-state index is -0.796. The fourth-order valence-electron chi connectivity index (χ4n) is 2.15. The molecular formula is C13H19ClN4O. The van der Waals surface area contributed by atoms with Crippen LogP contribution in [0.3, 0.4) is 0 Å². The molecule has 0 aliphatic rings. The minimum Gasteiger partial charge on any atom is -0.380 e. The van der Waals surface area contributed by atoms with Gasteiger partial charge in [0, 0.05) is 19.3 Å². The Morgan fingerprint density at radius 1 is 1.21 bits per heavy atom. The SMILES string of the molecule is CCCn1nccc1C(O)c1c(Cl)cnn1CCC. The first-order valence-corrected chi connectivity index (χ1v) is 6.97. The third-order valence-corrected chi connectivity index (χ3v) is 3.28. The molecule has 0 saturated carbocycles. The predicted octanol–water partition coefficient (Wildman–Crippen LogP) is 2.63. The van der Waals surface area contributed by atoms with E-state index in [1.165, 1.54) is 0 Å². The molecule has 2 aromatic heterocycles. The Labute approximate surface area is 117 Å². The molecule has 0 aliphatic carbocycles. The van der Waals surface area contributed by atoms with Gasteiger partial charge >= 0.3 is 0 Å². The maximum Gasteiger partial charge on any atom is 0.139 e. The second kappa shape index (κ2) is 6.21. The van der Waals surface area contributed by atoms with Crippen molar-refractivity contribution in [3.63, 3.8) is 0 Å². The summed E-state index contributed by atoms with van der Waals surface area (Å²) >= 11 is 6.15. The van der Waals surface area contributed by atoms with Gasteiger partial charge in [0.2, 0.25) is 0 Å². The van der Waals surface area contributed by atoms with Crippen molar-refractivity contribution in [1.29, 1.82) is 0 Å². The van der Waals surface area contributed by atoms with Crippen LogP contribution >= 0.6 is 11.6 Å². The van der Waals surface area contributed by atoms with Crippen molar-refractivity contribution in [2.75, 3.05) is 0 Å². The summed E-state index contributed by atoms with van der Waals surface area (Å²) in [5.41, 5.74) is 1.39. The minimum absolute atomic E-state index is 0.491. The van der Waals surface area contributed by atoms with Crippen LogP contribution in [0.25, 0.3) is 0 Å². The second-order valence-electron chi connectivity index (χ2n) is 4.48. The molecule has 0 radical (unpaired) electrons. The molecule has 1 N–H and O–H groups in total. The zero-order chi connectivity index (χ0) is 13.8. The molecule has 0 bridgehead atoms. The van der Waals surface area contributed by atoms with Crippen LogP contribution in [0, 0.1) is 0 Å². The van der Waals surface area contributed by atoms with E-state index in [0.29, 0.717) is 10.7 Å². The van der Waals surface area contributed by atoms with Gasteiger partial charge in [-0.3, -0.25) is 9.36 Å². The third-order valence-electron chi connectivity index (χ3n) is 2.99. The van der Waals surface area contributed by atoms with Crippen LogP contribution in [0.4, 0.5) is 0 Å². The summed E-state index contributed by atoms with van der Waals surface area (Å²) < 4.78 is 3.57. The molecule has 0 aliphatic heterocycles. The van der Waals surface area contributed by atoms with Crippen LogP contribution in [-0.2, 0) is 13.1 Å². The van der Waals surface area contributed by atoms with Crippen LogP contribution in [0.5, 0.6) is 0 Å². The number of aromatic nitrogens is 4. The number of aryl methyl sites for hydroxylation is 2. The van der Waals surface area contributed by atoms with E-state index in [1.54, 1.807) is 17.1 Å². The van der Waals surface area contributed by atoms with E-state index < -0.39 is 6.10 Å². The lowest BCUT2D eigenvalue weighted by Crippen LogP contribution is -2.15. The van der Waals surface area contributed by atoms with Gasteiger partial charge < -0.3 is 5.11 Å². The van der Waals surface area contributed by atoms with E-state index in [-0.39, 0.29) is 0 Å². The molecule has 5 nitrogen and oxygen atoms in total. The highest BCUT2D eigenvalue weighted by Crippen LogP contribution is 2.28. The van der Waals surface area contributed by atoms with Gasteiger partial charge in [0.25, 0.3) is 0 Å². The van der Waals surface area contributed by atoms with Crippen molar-refractivity contribution in [1.82, 2.24) is 19.6 Å². The predicted molar refractivity (Wildman–Crippen MR) is 74.1 cm³/mol. The first kappa shape index (κ1) is 14.1. The van der Waals surface area contributed by atoms with E-state index in [2.05, 4.69) is 24.0 Å². The zero-order valence-electron chi connectivity index (χ0n) is 11.3. The summed E-state index contributed by atoms with van der Waals surface area (Å²) in [7, 11) is 0. The van der Waals surface area contributed by atoms with Crippen molar-refractivity contribution in [2.24, 2.45) is 0 Å². The van der Waals surface area contributed by atoms with Gasteiger partial charge in [-0.25, -0.2) is 0 Å². The smallest absolute Gasteiger partial charge is 0.139 e. The summed E-state index contributed by atoms with van der Waals surface area (Å²) in [5.74, 6) is 0. The Morgan fingerprint density at radius 3 is 2.58 bits per heavy atom. The number of aliphatic hydroxyl groups excluding tert-OH is 1. The average Bonchev–Trinajstić information content (AvgIpc) is 2.97. The van der Waals surface area contributed by atoms with Gasteiger partial charge in [-0.05, 0) is 18.9 Å². The topological polar surface area (TPSA) is 55.9 Å². The van der Waals surface area contributed by atoms with Gasteiger partial charge in [0.05, 0.1) is 22.6 Å². The summed E-state index contributed by atoms with van der Waals surface area (Å²) in [6, 6.07) is 1.82. The van der Waals surface area contributed by atoms with Crippen LogP contribution < -0.4 is 0 Å². The molecule has 0 amide bonds. The Kier molecular flexibility index (Phi) is 4.61. The standard InChI is InChI=1S/C13H19ClN4O/c1-3-7-17-11(5-6-15-17)13(19)12-10(14)9-16-18(12)8-4-2/h5-6,9,13,19H,3-4,7-8H2,1-2H3. The largest absolute Gasteiger partial charge is 0.380 e. The second-order valence-corrected chi connectivity index (χ2v) is 4.89. The Morgan fingerprint density at radius 2 is 1.89 bits per heavy atom. The monoisotopic (exact) mass is 282 g/mol. The average molecular weight is 283 g/mol. The highest BCUT2D eigenvalue weighted by atomic mass is 35.5. The van der Waals surface area contributed by atoms with Crippen molar-refractivity contribution in [2.45, 2.75) is 45.9 Å². The molecule has 0 saturated heterocycles. The third kappa shape index (κ3) is 2.82. The maximum absolute atomic E-state index is 10.6. The normalized spacial score (nSPS) is 12.8. The molecule has 0 spiro atoms. The summed E-state index contributed by atoms with van der Waals surface area (Å²) in [5, 5.41) is 19.5. The number of hydrogen-bond acceptors (Lipinski definition) is 3. The quantitative estimate of drug-likeness (QED) is 0.886. The zero-order valence-corrected chi connectivity index (χ0v) is 12.0. The summed E-state index contributed by atoms with van der Waals surface area (Å²) in [6.07, 6.45) is 4.38. The van der Waals surface area contributed by atoms with Crippen LogP contribution in [0.2, 0.25) is 5.02 Å². The van der Waals surface area contributed by atoms with Gasteiger partial charge in [-0.15, -0.1) is 0 Å². The number of nitrogens with zero attached hydrogens (tertiary/aromatic N) is 4. The Hall–Kier alpha value is -1.33. The fraction of sp³-hybridized carbons (Fsp3) is 0.538. The van der Waals surface area contributed by atoms with E-state index in [4.69, 9.17) is 11.6 Å². The molecule has 19 heavy (non-hydrogen) atoms. The molecule has 104 valence electrons. The van der Waals surface area contributed by atoms with Crippen molar-refractivity contribution in [3.8, 4) is 0 Å². The molecule has 2 aromatic rings. The highest BCUT2D eigenvalue weighted by molar-refractivity contribution is 6.31. The molecular weight excluding hydrogens is 264 g/mol. The summed E-state index contributed by atoms with van der Waals surface area (Å²) in [6.45, 7) is 5.65. The van der Waals surface area contributed by atoms with E-state index in [0.717, 1.165) is 31.6 Å². The number of rotatable bonds is 6. The Balaban J connectivity index is 2.35. The van der Waals surface area contributed by atoms with Gasteiger partial charge in [-0.1, -0.05) is 25.4 Å². The maximum atomic E-state index is 10.6. The van der Waals surface area contributed by atoms with Gasteiger partial charge in [0.1, 0.15) is 6.10 Å². The molecule has 2 heterocycles. The highest BCUT2D eigenvalue weighted by Gasteiger charge is 2.22. The first-order valence-electron chi connectivity index (χ1n) is 6.60. The van der Waals surface area contributed by atoms with Crippen molar-refractivity contribution >= 4 is 11.6 Å². The van der Waals surface area contributed by atoms with Crippen molar-refractivity contribution in [3.05, 3.63) is 34.9 Å². The summed E-state index contributed by atoms with van der Waals surface area (Å²) in [4.78, 5) is 0. The number of aliphatic hydroxyl groups is 1. The van der Waals surface area contributed by atoms with E-state index >= 15 is 0 Å². The first-order chi connectivity index (χ1) is 9.19. The molecule has 1 unspecified atom stereocenters. The molecule has 2 rings (SSSR count). The lowest BCUT2D eigenvalue weighted by molar-refractivity contribution is 0.195. The van der Waals surface area contributed by atoms with Crippen LogP contribution in [-0.4, -0.2) is 24.7 Å². The molecule has 0 aromatic carbocycles. The number of halogens is 1. The molecule has 6 heteroatoms. The number of hydrogen-bond donors (Lipinski definition) is 1. The fourth-order valence-corrected chi connectivity index (χ4v) is 2.39. The van der Waals surface area contributed by atoms with Gasteiger partial charge in [-0.2, -0.15) is 10.2 Å². The van der Waals surface area contributed by atoms with Crippen LogP contribution in [0.1, 0.15) is 44.2 Å².